The van der Waals surface area contributed by atoms with Gasteiger partial charge in [-0.05, 0) is 13.5 Å². The molecule has 0 atom stereocenters. The number of hydrogen-bond acceptors (Lipinski definition) is 2. The van der Waals surface area contributed by atoms with E-state index >= 15 is 0 Å². The Morgan fingerprint density at radius 2 is 2.43 bits per heavy atom. The van der Waals surface area contributed by atoms with Crippen molar-refractivity contribution in [3.63, 3.8) is 0 Å². The highest BCUT2D eigenvalue weighted by Crippen LogP contribution is 1.66. The highest BCUT2D eigenvalue weighted by atomic mass is 14.8. The maximum atomic E-state index is 7.98. The van der Waals surface area contributed by atoms with Gasteiger partial charge in [0.1, 0.15) is 0 Å². The average Bonchev–Trinajstić information content (AvgIpc) is 1.69. The molecule has 0 amide bonds. The Hall–Kier alpha value is -0.550. The van der Waals surface area contributed by atoms with Gasteiger partial charge in [-0.3, -0.25) is 0 Å². The van der Waals surface area contributed by atoms with Crippen molar-refractivity contribution in [2.45, 2.75) is 6.42 Å². The first-order valence-corrected chi connectivity index (χ1v) is 2.28. The third-order valence-corrected chi connectivity index (χ3v) is 0.590. The molecule has 0 rings (SSSR count). The SMILES string of the molecule is [CH2]CNCCC#N. The first kappa shape index (κ1) is 6.45. The Balaban J connectivity index is 2.60. The average molecular weight is 97.1 g/mol. The van der Waals surface area contributed by atoms with Crippen LogP contribution in [-0.4, -0.2) is 13.1 Å². The smallest absolute Gasteiger partial charge is 0.0635 e. The summed E-state index contributed by atoms with van der Waals surface area (Å²) in [5, 5.41) is 10.9. The summed E-state index contributed by atoms with van der Waals surface area (Å²) in [6.45, 7) is 5.01. The Kier molecular flexibility index (Phi) is 5.02. The van der Waals surface area contributed by atoms with E-state index in [0.717, 1.165) is 6.54 Å². The van der Waals surface area contributed by atoms with Gasteiger partial charge in [0.2, 0.25) is 0 Å². The normalized spacial score (nSPS) is 8.00. The molecule has 0 aliphatic carbocycles. The maximum absolute atomic E-state index is 7.98. The van der Waals surface area contributed by atoms with Gasteiger partial charge in [-0.2, -0.15) is 5.26 Å². The van der Waals surface area contributed by atoms with Crippen molar-refractivity contribution in [3.8, 4) is 6.07 Å². The van der Waals surface area contributed by atoms with Crippen molar-refractivity contribution < 1.29 is 0 Å². The van der Waals surface area contributed by atoms with Crippen LogP contribution in [0.25, 0.3) is 0 Å². The van der Waals surface area contributed by atoms with Crippen LogP contribution in [0.2, 0.25) is 0 Å². The van der Waals surface area contributed by atoms with Gasteiger partial charge in [0.05, 0.1) is 6.07 Å². The number of hydrogen-bond donors (Lipinski definition) is 1. The summed E-state index contributed by atoms with van der Waals surface area (Å²) in [5.74, 6) is 0. The summed E-state index contributed by atoms with van der Waals surface area (Å²) < 4.78 is 0. The van der Waals surface area contributed by atoms with Crippen molar-refractivity contribution in [2.24, 2.45) is 0 Å². The molecule has 0 spiro atoms. The fourth-order valence-corrected chi connectivity index (χ4v) is 0.269. The number of nitrogens with one attached hydrogen (secondary N) is 1. The minimum absolute atomic E-state index is 0.579. The van der Waals surface area contributed by atoms with E-state index in [1.54, 1.807) is 0 Å². The van der Waals surface area contributed by atoms with E-state index in [1.165, 1.54) is 0 Å². The second kappa shape index (κ2) is 5.45. The largest absolute Gasteiger partial charge is 0.316 e. The van der Waals surface area contributed by atoms with E-state index in [2.05, 4.69) is 12.2 Å². The number of nitriles is 1. The van der Waals surface area contributed by atoms with Crippen molar-refractivity contribution in [2.75, 3.05) is 13.1 Å². The quantitative estimate of drug-likeness (QED) is 0.515. The van der Waals surface area contributed by atoms with Gasteiger partial charge < -0.3 is 5.32 Å². The van der Waals surface area contributed by atoms with Crippen molar-refractivity contribution in [1.82, 2.24) is 5.32 Å². The maximum Gasteiger partial charge on any atom is 0.0635 e. The molecule has 0 saturated heterocycles. The second-order valence-corrected chi connectivity index (χ2v) is 1.16. The lowest BCUT2D eigenvalue weighted by Gasteiger charge is -1.90. The second-order valence-electron chi connectivity index (χ2n) is 1.16. The molecule has 0 unspecified atom stereocenters. The van der Waals surface area contributed by atoms with Gasteiger partial charge >= 0.3 is 0 Å². The van der Waals surface area contributed by atoms with Gasteiger partial charge in [-0.1, -0.05) is 0 Å². The molecule has 39 valence electrons. The van der Waals surface area contributed by atoms with Gasteiger partial charge in [-0.25, -0.2) is 0 Å². The summed E-state index contributed by atoms with van der Waals surface area (Å²) in [7, 11) is 0. The summed E-state index contributed by atoms with van der Waals surface area (Å²) in [6, 6.07) is 2.01. The standard InChI is InChI=1S/C5H9N2/c1-2-7-5-3-4-6/h7H,1-3,5H2. The van der Waals surface area contributed by atoms with Crippen LogP contribution in [0.1, 0.15) is 6.42 Å². The first-order valence-electron chi connectivity index (χ1n) is 2.28. The monoisotopic (exact) mass is 97.1 g/mol. The zero-order chi connectivity index (χ0) is 5.54. The Bertz CT molecular complexity index is 63.0. The summed E-state index contributed by atoms with van der Waals surface area (Å²) in [4.78, 5) is 0. The Morgan fingerprint density at radius 1 is 1.71 bits per heavy atom. The van der Waals surface area contributed by atoms with Gasteiger partial charge in [-0.15, -0.1) is 0 Å². The lowest BCUT2D eigenvalue weighted by atomic mass is 10.5. The first-order chi connectivity index (χ1) is 3.41. The lowest BCUT2D eigenvalue weighted by Crippen LogP contribution is -2.13. The molecule has 0 heterocycles. The zero-order valence-corrected chi connectivity index (χ0v) is 4.28. The number of nitrogens with zero attached hydrogens (tertiary/aromatic N) is 1. The molecule has 0 saturated carbocycles. The summed E-state index contributed by atoms with van der Waals surface area (Å²) >= 11 is 0. The van der Waals surface area contributed by atoms with Crippen LogP contribution in [0.4, 0.5) is 0 Å². The fourth-order valence-electron chi connectivity index (χ4n) is 0.269. The molecule has 0 aromatic heterocycles. The van der Waals surface area contributed by atoms with Crippen LogP contribution >= 0.6 is 0 Å². The molecule has 0 aliphatic heterocycles. The van der Waals surface area contributed by atoms with E-state index in [-0.39, 0.29) is 0 Å². The fraction of sp³-hybridized carbons (Fsp3) is 0.600. The predicted octanol–water partition coefficient (Wildman–Crippen LogP) is 0.324. The predicted molar refractivity (Wildman–Crippen MR) is 28.5 cm³/mol. The minimum atomic E-state index is 0.579. The molecule has 7 heavy (non-hydrogen) atoms. The van der Waals surface area contributed by atoms with Crippen molar-refractivity contribution in [1.29, 1.82) is 5.26 Å². The van der Waals surface area contributed by atoms with Crippen LogP contribution in [0, 0.1) is 18.3 Å². The topological polar surface area (TPSA) is 35.8 Å². The highest BCUT2D eigenvalue weighted by molar-refractivity contribution is 4.69. The minimum Gasteiger partial charge on any atom is -0.316 e. The van der Waals surface area contributed by atoms with Crippen LogP contribution in [0.5, 0.6) is 0 Å². The third-order valence-electron chi connectivity index (χ3n) is 0.590. The molecule has 2 nitrogen and oxygen atoms in total. The van der Waals surface area contributed by atoms with E-state index in [1.807, 2.05) is 6.07 Å². The van der Waals surface area contributed by atoms with E-state index in [9.17, 15) is 0 Å². The van der Waals surface area contributed by atoms with Crippen molar-refractivity contribution >= 4 is 0 Å². The lowest BCUT2D eigenvalue weighted by molar-refractivity contribution is 0.760. The summed E-state index contributed by atoms with van der Waals surface area (Å²) in [5.41, 5.74) is 0. The summed E-state index contributed by atoms with van der Waals surface area (Å²) in [6.07, 6.45) is 0.579. The van der Waals surface area contributed by atoms with E-state index < -0.39 is 0 Å². The molecular weight excluding hydrogens is 88.1 g/mol. The molecule has 1 radical (unpaired) electrons. The van der Waals surface area contributed by atoms with Gasteiger partial charge in [0, 0.05) is 13.0 Å². The van der Waals surface area contributed by atoms with Crippen LogP contribution in [-0.2, 0) is 0 Å². The molecule has 0 fully saturated rings. The third kappa shape index (κ3) is 5.45. The van der Waals surface area contributed by atoms with E-state index in [4.69, 9.17) is 5.26 Å². The number of rotatable bonds is 3. The van der Waals surface area contributed by atoms with Crippen molar-refractivity contribution in [3.05, 3.63) is 6.92 Å². The Morgan fingerprint density at radius 3 is 2.86 bits per heavy atom. The molecule has 0 aromatic rings. The molecule has 2 heteroatoms. The van der Waals surface area contributed by atoms with Crippen LogP contribution in [0.3, 0.4) is 0 Å². The molecule has 1 N–H and O–H groups in total. The van der Waals surface area contributed by atoms with E-state index in [0.29, 0.717) is 13.0 Å². The molecular formula is C5H9N2. The molecule has 0 aliphatic rings. The highest BCUT2D eigenvalue weighted by Gasteiger charge is 1.76. The van der Waals surface area contributed by atoms with Crippen LogP contribution in [0.15, 0.2) is 0 Å². The van der Waals surface area contributed by atoms with Gasteiger partial charge in [0.25, 0.3) is 0 Å². The Labute approximate surface area is 44.1 Å². The van der Waals surface area contributed by atoms with Crippen LogP contribution < -0.4 is 5.32 Å². The molecule has 0 aromatic carbocycles. The molecule has 0 bridgehead atoms. The zero-order valence-electron chi connectivity index (χ0n) is 4.28. The van der Waals surface area contributed by atoms with Gasteiger partial charge in [0.15, 0.2) is 0 Å².